The SMILES string of the molecule is CCCC1C(C(=O)N2CCC(C#N)(c3ccccc3OC3CCC(C(=O)O)C3)CC2)CCCN1C. The van der Waals surface area contributed by atoms with Crippen molar-refractivity contribution in [2.75, 3.05) is 26.7 Å². The van der Waals surface area contributed by atoms with Gasteiger partial charge in [-0.1, -0.05) is 31.5 Å². The molecule has 3 aliphatic rings. The van der Waals surface area contributed by atoms with Gasteiger partial charge in [0.2, 0.25) is 5.91 Å². The van der Waals surface area contributed by atoms with Crippen LogP contribution in [-0.2, 0) is 15.0 Å². The Morgan fingerprint density at radius 2 is 1.91 bits per heavy atom. The summed E-state index contributed by atoms with van der Waals surface area (Å²) in [6.45, 7) is 4.38. The summed E-state index contributed by atoms with van der Waals surface area (Å²) in [4.78, 5) is 29.2. The highest BCUT2D eigenvalue weighted by Crippen LogP contribution is 2.42. The lowest BCUT2D eigenvalue weighted by Crippen LogP contribution is -2.53. The van der Waals surface area contributed by atoms with E-state index in [0.29, 0.717) is 57.0 Å². The summed E-state index contributed by atoms with van der Waals surface area (Å²) in [5.41, 5.74) is 0.166. The molecule has 0 spiro atoms. The molecule has 1 N–H and O–H groups in total. The topological polar surface area (TPSA) is 93.9 Å². The van der Waals surface area contributed by atoms with Crippen molar-refractivity contribution in [3.05, 3.63) is 29.8 Å². The van der Waals surface area contributed by atoms with Gasteiger partial charge in [0.25, 0.3) is 0 Å². The van der Waals surface area contributed by atoms with Crippen LogP contribution < -0.4 is 4.74 Å². The zero-order valence-electron chi connectivity index (χ0n) is 21.1. The Balaban J connectivity index is 1.46. The highest BCUT2D eigenvalue weighted by atomic mass is 16.5. The number of carbonyl (C=O) groups is 2. The van der Waals surface area contributed by atoms with Crippen LogP contribution in [0.2, 0.25) is 0 Å². The monoisotopic (exact) mass is 481 g/mol. The van der Waals surface area contributed by atoms with E-state index in [-0.39, 0.29) is 23.8 Å². The smallest absolute Gasteiger partial charge is 0.306 e. The Hall–Kier alpha value is -2.59. The van der Waals surface area contributed by atoms with E-state index in [2.05, 4.69) is 24.9 Å². The fourth-order valence-electron chi connectivity index (χ4n) is 6.43. The van der Waals surface area contributed by atoms with Gasteiger partial charge < -0.3 is 19.6 Å². The highest BCUT2D eigenvalue weighted by Gasteiger charge is 2.43. The molecule has 4 rings (SSSR count). The molecule has 0 bridgehead atoms. The second kappa shape index (κ2) is 11.0. The summed E-state index contributed by atoms with van der Waals surface area (Å²) in [5, 5.41) is 19.6. The molecule has 3 fully saturated rings. The molecule has 1 amide bonds. The number of carboxylic acid groups (broad SMARTS) is 1. The van der Waals surface area contributed by atoms with E-state index in [1.54, 1.807) is 0 Å². The first-order valence-corrected chi connectivity index (χ1v) is 13.3. The van der Waals surface area contributed by atoms with E-state index < -0.39 is 11.4 Å². The Kier molecular flexibility index (Phi) is 8.01. The van der Waals surface area contributed by atoms with Crippen molar-refractivity contribution in [2.24, 2.45) is 11.8 Å². The third-order valence-electron chi connectivity index (χ3n) is 8.53. The number of carboxylic acids is 1. The Labute approximate surface area is 209 Å². The summed E-state index contributed by atoms with van der Waals surface area (Å²) >= 11 is 0. The molecular weight excluding hydrogens is 442 g/mol. The van der Waals surface area contributed by atoms with Crippen molar-refractivity contribution in [3.8, 4) is 11.8 Å². The molecule has 1 saturated carbocycles. The number of carbonyl (C=O) groups excluding carboxylic acids is 1. The zero-order valence-corrected chi connectivity index (χ0v) is 21.1. The lowest BCUT2D eigenvalue weighted by atomic mass is 9.73. The molecule has 0 radical (unpaired) electrons. The molecule has 1 aliphatic carbocycles. The molecule has 4 atom stereocenters. The van der Waals surface area contributed by atoms with E-state index in [4.69, 9.17) is 4.74 Å². The number of likely N-dealkylation sites (tertiary alicyclic amines) is 2. The first-order chi connectivity index (χ1) is 16.9. The number of ether oxygens (including phenoxy) is 1. The lowest BCUT2D eigenvalue weighted by molar-refractivity contribution is -0.142. The Morgan fingerprint density at radius 3 is 2.57 bits per heavy atom. The van der Waals surface area contributed by atoms with Gasteiger partial charge in [-0.3, -0.25) is 9.59 Å². The van der Waals surface area contributed by atoms with Gasteiger partial charge in [0.15, 0.2) is 0 Å². The van der Waals surface area contributed by atoms with E-state index in [1.807, 2.05) is 29.2 Å². The third-order valence-corrected chi connectivity index (χ3v) is 8.53. The molecule has 7 nitrogen and oxygen atoms in total. The van der Waals surface area contributed by atoms with E-state index in [0.717, 1.165) is 37.8 Å². The molecule has 2 saturated heterocycles. The van der Waals surface area contributed by atoms with Crippen molar-refractivity contribution in [2.45, 2.75) is 82.3 Å². The minimum Gasteiger partial charge on any atom is -0.490 e. The molecule has 7 heteroatoms. The van der Waals surface area contributed by atoms with Crippen molar-refractivity contribution < 1.29 is 19.4 Å². The number of nitrogens with zero attached hydrogens (tertiary/aromatic N) is 3. The second-order valence-corrected chi connectivity index (χ2v) is 10.7. The van der Waals surface area contributed by atoms with Gasteiger partial charge in [-0.05, 0) is 71.0 Å². The normalized spacial score (nSPS) is 28.9. The number of para-hydroxylation sites is 1. The standard InChI is InChI=1S/C28H39N3O4/c1-3-7-24-22(8-6-15-30(24)2)26(32)31-16-13-28(19-29,14-17-31)23-9-4-5-10-25(23)35-21-12-11-20(18-21)27(33)34/h4-5,9-10,20-22,24H,3,6-8,11-18H2,1-2H3,(H,33,34). The van der Waals surface area contributed by atoms with Gasteiger partial charge in [0.1, 0.15) is 5.75 Å². The molecule has 1 aromatic carbocycles. The Bertz CT molecular complexity index is 950. The molecule has 4 unspecified atom stereocenters. The van der Waals surface area contributed by atoms with Gasteiger partial charge in [-0.25, -0.2) is 0 Å². The van der Waals surface area contributed by atoms with Crippen molar-refractivity contribution in [1.29, 1.82) is 5.26 Å². The molecule has 1 aromatic rings. The molecule has 190 valence electrons. The van der Waals surface area contributed by atoms with Crippen LogP contribution in [0.15, 0.2) is 24.3 Å². The maximum atomic E-state index is 13.5. The number of nitriles is 1. The number of rotatable bonds is 7. The minimum atomic E-state index is -0.764. The number of aliphatic carboxylic acids is 1. The van der Waals surface area contributed by atoms with Crippen LogP contribution in [0.3, 0.4) is 0 Å². The van der Waals surface area contributed by atoms with Crippen LogP contribution in [0.25, 0.3) is 0 Å². The molecule has 2 aliphatic heterocycles. The molecule has 2 heterocycles. The van der Waals surface area contributed by atoms with E-state index in [9.17, 15) is 20.0 Å². The average molecular weight is 482 g/mol. The van der Waals surface area contributed by atoms with Crippen LogP contribution in [0.5, 0.6) is 5.75 Å². The summed E-state index contributed by atoms with van der Waals surface area (Å²) in [5.74, 6) is -0.149. The predicted molar refractivity (Wildman–Crippen MR) is 133 cm³/mol. The number of hydrogen-bond acceptors (Lipinski definition) is 5. The first-order valence-electron chi connectivity index (χ1n) is 13.3. The van der Waals surface area contributed by atoms with Gasteiger partial charge >= 0.3 is 5.97 Å². The van der Waals surface area contributed by atoms with E-state index in [1.165, 1.54) is 0 Å². The zero-order chi connectivity index (χ0) is 25.0. The fraction of sp³-hybridized carbons (Fsp3) is 0.679. The fourth-order valence-corrected chi connectivity index (χ4v) is 6.43. The Morgan fingerprint density at radius 1 is 1.17 bits per heavy atom. The number of piperidine rings is 2. The maximum absolute atomic E-state index is 13.5. The third kappa shape index (κ3) is 5.33. The second-order valence-electron chi connectivity index (χ2n) is 10.7. The quantitative estimate of drug-likeness (QED) is 0.627. The summed E-state index contributed by atoms with van der Waals surface area (Å²) in [6.07, 6.45) is 6.96. The number of benzene rings is 1. The van der Waals surface area contributed by atoms with Crippen LogP contribution in [0.4, 0.5) is 0 Å². The van der Waals surface area contributed by atoms with Crippen molar-refractivity contribution in [1.82, 2.24) is 9.80 Å². The average Bonchev–Trinajstić information content (AvgIpc) is 3.34. The first kappa shape index (κ1) is 25.5. The number of hydrogen-bond donors (Lipinski definition) is 1. The van der Waals surface area contributed by atoms with Gasteiger partial charge in [0.05, 0.1) is 29.4 Å². The molecule has 0 aromatic heterocycles. The molecule has 35 heavy (non-hydrogen) atoms. The number of amides is 1. The van der Waals surface area contributed by atoms with Crippen molar-refractivity contribution >= 4 is 11.9 Å². The van der Waals surface area contributed by atoms with Gasteiger partial charge in [-0.2, -0.15) is 5.26 Å². The van der Waals surface area contributed by atoms with Crippen LogP contribution in [0, 0.1) is 23.2 Å². The van der Waals surface area contributed by atoms with Gasteiger partial charge in [-0.15, -0.1) is 0 Å². The highest BCUT2D eigenvalue weighted by molar-refractivity contribution is 5.80. The largest absolute Gasteiger partial charge is 0.490 e. The summed E-state index contributed by atoms with van der Waals surface area (Å²) in [6, 6.07) is 10.6. The minimum absolute atomic E-state index is 0.0449. The maximum Gasteiger partial charge on any atom is 0.306 e. The van der Waals surface area contributed by atoms with Crippen LogP contribution in [0.1, 0.15) is 70.3 Å². The summed E-state index contributed by atoms with van der Waals surface area (Å²) < 4.78 is 6.29. The van der Waals surface area contributed by atoms with Crippen LogP contribution >= 0.6 is 0 Å². The predicted octanol–water partition coefficient (Wildman–Crippen LogP) is 4.21. The van der Waals surface area contributed by atoms with Crippen LogP contribution in [-0.4, -0.2) is 65.6 Å². The van der Waals surface area contributed by atoms with Crippen molar-refractivity contribution in [3.63, 3.8) is 0 Å². The summed E-state index contributed by atoms with van der Waals surface area (Å²) in [7, 11) is 2.14. The van der Waals surface area contributed by atoms with Gasteiger partial charge in [0, 0.05) is 24.7 Å². The lowest BCUT2D eigenvalue weighted by Gasteiger charge is -2.43. The van der Waals surface area contributed by atoms with E-state index >= 15 is 0 Å². The molecular formula is C28H39N3O4.